The Hall–Kier alpha value is -1.60. The van der Waals surface area contributed by atoms with Gasteiger partial charge in [-0.3, -0.25) is 14.9 Å². The van der Waals surface area contributed by atoms with Crippen molar-refractivity contribution in [3.8, 4) is 0 Å². The standard InChI is InChI=1S/C17H25N3O3S/c1-12(2)24-16-8-7-13(20(22)23)10-15(16)17(21)19(4)11-14-6-5-9-18(14)3/h7-8,10,12,14H,5-6,9,11H2,1-4H3. The van der Waals surface area contributed by atoms with E-state index in [9.17, 15) is 14.9 Å². The summed E-state index contributed by atoms with van der Waals surface area (Å²) >= 11 is 1.55. The van der Waals surface area contributed by atoms with E-state index in [1.54, 1.807) is 29.8 Å². The highest BCUT2D eigenvalue weighted by molar-refractivity contribution is 8.00. The molecule has 0 aliphatic carbocycles. The van der Waals surface area contributed by atoms with E-state index in [1.807, 2.05) is 13.8 Å². The average Bonchev–Trinajstić information content (AvgIpc) is 2.91. The summed E-state index contributed by atoms with van der Waals surface area (Å²) in [6.07, 6.45) is 2.23. The number of carbonyl (C=O) groups is 1. The number of nitrogens with zero attached hydrogens (tertiary/aromatic N) is 3. The molecule has 2 rings (SSSR count). The number of thioether (sulfide) groups is 1. The predicted octanol–water partition coefficient (Wildman–Crippen LogP) is 3.26. The molecule has 24 heavy (non-hydrogen) atoms. The van der Waals surface area contributed by atoms with Gasteiger partial charge >= 0.3 is 0 Å². The first-order chi connectivity index (χ1) is 11.3. The van der Waals surface area contributed by atoms with Crippen LogP contribution in [0, 0.1) is 10.1 Å². The molecule has 1 amide bonds. The van der Waals surface area contributed by atoms with Crippen LogP contribution in [-0.2, 0) is 0 Å². The third kappa shape index (κ3) is 4.48. The predicted molar refractivity (Wildman–Crippen MR) is 96.7 cm³/mol. The number of likely N-dealkylation sites (N-methyl/N-ethyl adjacent to an activating group) is 2. The van der Waals surface area contributed by atoms with E-state index in [1.165, 1.54) is 12.1 Å². The Morgan fingerprint density at radius 3 is 2.75 bits per heavy atom. The first-order valence-electron chi connectivity index (χ1n) is 8.20. The second kappa shape index (κ2) is 7.98. The minimum absolute atomic E-state index is 0.0437. The summed E-state index contributed by atoms with van der Waals surface area (Å²) in [4.78, 5) is 28.3. The smallest absolute Gasteiger partial charge is 0.270 e. The van der Waals surface area contributed by atoms with Gasteiger partial charge in [0, 0.05) is 41.9 Å². The first-order valence-corrected chi connectivity index (χ1v) is 9.08. The number of benzene rings is 1. The van der Waals surface area contributed by atoms with Gasteiger partial charge in [0.25, 0.3) is 11.6 Å². The summed E-state index contributed by atoms with van der Waals surface area (Å²) in [6.45, 7) is 5.77. The second-order valence-electron chi connectivity index (χ2n) is 6.57. The molecule has 6 nitrogen and oxygen atoms in total. The fourth-order valence-corrected chi connectivity index (χ4v) is 3.90. The van der Waals surface area contributed by atoms with Crippen molar-refractivity contribution in [3.05, 3.63) is 33.9 Å². The molecule has 1 aromatic carbocycles. The molecular weight excluding hydrogens is 326 g/mol. The van der Waals surface area contributed by atoms with Gasteiger partial charge in [-0.2, -0.15) is 0 Å². The summed E-state index contributed by atoms with van der Waals surface area (Å²) in [5, 5.41) is 11.4. The van der Waals surface area contributed by atoms with Gasteiger partial charge in [-0.15, -0.1) is 11.8 Å². The number of likely N-dealkylation sites (tertiary alicyclic amines) is 1. The second-order valence-corrected chi connectivity index (χ2v) is 8.18. The molecule has 0 bridgehead atoms. The number of amides is 1. The summed E-state index contributed by atoms with van der Waals surface area (Å²) in [5.41, 5.74) is 0.379. The van der Waals surface area contributed by atoms with Gasteiger partial charge in [-0.1, -0.05) is 13.8 Å². The van der Waals surface area contributed by atoms with Crippen LogP contribution in [0.2, 0.25) is 0 Å². The molecule has 132 valence electrons. The number of nitro groups is 1. The molecule has 0 spiro atoms. The Labute approximate surface area is 147 Å². The minimum atomic E-state index is -0.453. The maximum atomic E-state index is 12.9. The monoisotopic (exact) mass is 351 g/mol. The molecule has 0 radical (unpaired) electrons. The van der Waals surface area contributed by atoms with Gasteiger partial charge in [-0.25, -0.2) is 0 Å². The maximum Gasteiger partial charge on any atom is 0.270 e. The van der Waals surface area contributed by atoms with E-state index < -0.39 is 4.92 Å². The third-order valence-corrected chi connectivity index (χ3v) is 5.35. The minimum Gasteiger partial charge on any atom is -0.340 e. The van der Waals surface area contributed by atoms with Gasteiger partial charge in [-0.05, 0) is 32.5 Å². The number of carbonyl (C=O) groups excluding carboxylic acids is 1. The number of nitro benzene ring substituents is 1. The number of rotatable bonds is 6. The van der Waals surface area contributed by atoms with Crippen molar-refractivity contribution in [1.29, 1.82) is 0 Å². The Morgan fingerprint density at radius 1 is 1.50 bits per heavy atom. The quantitative estimate of drug-likeness (QED) is 0.447. The van der Waals surface area contributed by atoms with Gasteiger partial charge in [0.1, 0.15) is 0 Å². The van der Waals surface area contributed by atoms with Crippen molar-refractivity contribution in [3.63, 3.8) is 0 Å². The zero-order valence-electron chi connectivity index (χ0n) is 14.7. The van der Waals surface area contributed by atoms with E-state index in [0.717, 1.165) is 24.3 Å². The lowest BCUT2D eigenvalue weighted by Gasteiger charge is -2.26. The normalized spacial score (nSPS) is 18.1. The molecular formula is C17H25N3O3S. The molecule has 1 aliphatic rings. The number of non-ortho nitro benzene ring substituents is 1. The topological polar surface area (TPSA) is 66.7 Å². The Balaban J connectivity index is 2.24. The highest BCUT2D eigenvalue weighted by Crippen LogP contribution is 2.30. The van der Waals surface area contributed by atoms with Gasteiger partial charge in [0.15, 0.2) is 0 Å². The molecule has 1 aliphatic heterocycles. The van der Waals surface area contributed by atoms with Crippen LogP contribution in [-0.4, -0.2) is 59.1 Å². The number of hydrogen-bond donors (Lipinski definition) is 0. The van der Waals surface area contributed by atoms with Crippen LogP contribution in [0.4, 0.5) is 5.69 Å². The highest BCUT2D eigenvalue weighted by Gasteiger charge is 2.26. The van der Waals surface area contributed by atoms with Crippen LogP contribution in [0.1, 0.15) is 37.0 Å². The molecule has 0 aromatic heterocycles. The van der Waals surface area contributed by atoms with Gasteiger partial charge in [0.2, 0.25) is 0 Å². The molecule has 7 heteroatoms. The van der Waals surface area contributed by atoms with E-state index in [2.05, 4.69) is 11.9 Å². The van der Waals surface area contributed by atoms with Crippen molar-refractivity contribution < 1.29 is 9.72 Å². The molecule has 1 fully saturated rings. The van der Waals surface area contributed by atoms with Crippen LogP contribution >= 0.6 is 11.8 Å². The average molecular weight is 351 g/mol. The molecule has 0 N–H and O–H groups in total. The van der Waals surface area contributed by atoms with Crippen molar-refractivity contribution in [2.75, 3.05) is 27.2 Å². The van der Waals surface area contributed by atoms with Crippen LogP contribution in [0.25, 0.3) is 0 Å². The van der Waals surface area contributed by atoms with Crippen LogP contribution < -0.4 is 0 Å². The molecule has 1 unspecified atom stereocenters. The SMILES string of the molecule is CC(C)Sc1ccc([N+](=O)[O-])cc1C(=O)N(C)CC1CCCN1C. The van der Waals surface area contributed by atoms with E-state index in [0.29, 0.717) is 23.4 Å². The molecule has 1 atom stereocenters. The van der Waals surface area contributed by atoms with E-state index >= 15 is 0 Å². The third-order valence-electron chi connectivity index (χ3n) is 4.27. The zero-order valence-corrected chi connectivity index (χ0v) is 15.5. The first kappa shape index (κ1) is 18.7. The van der Waals surface area contributed by atoms with Crippen LogP contribution in [0.15, 0.2) is 23.1 Å². The van der Waals surface area contributed by atoms with Gasteiger partial charge < -0.3 is 9.80 Å². The zero-order chi connectivity index (χ0) is 17.9. The van der Waals surface area contributed by atoms with Crippen molar-refractivity contribution >= 4 is 23.4 Å². The molecule has 1 saturated heterocycles. The summed E-state index contributed by atoms with van der Waals surface area (Å²) in [7, 11) is 3.85. The maximum absolute atomic E-state index is 12.9. The van der Waals surface area contributed by atoms with Crippen LogP contribution in [0.5, 0.6) is 0 Å². The lowest BCUT2D eigenvalue weighted by Crippen LogP contribution is -2.39. The summed E-state index contributed by atoms with van der Waals surface area (Å²) in [6, 6.07) is 4.92. The summed E-state index contributed by atoms with van der Waals surface area (Å²) in [5.74, 6) is -0.151. The molecule has 0 saturated carbocycles. The highest BCUT2D eigenvalue weighted by atomic mass is 32.2. The molecule has 1 aromatic rings. The van der Waals surface area contributed by atoms with Crippen LogP contribution in [0.3, 0.4) is 0 Å². The lowest BCUT2D eigenvalue weighted by molar-refractivity contribution is -0.384. The van der Waals surface area contributed by atoms with Crippen molar-refractivity contribution in [2.45, 2.75) is 42.9 Å². The van der Waals surface area contributed by atoms with Crippen molar-refractivity contribution in [2.24, 2.45) is 0 Å². The van der Waals surface area contributed by atoms with Gasteiger partial charge in [0.05, 0.1) is 10.5 Å². The van der Waals surface area contributed by atoms with Crippen molar-refractivity contribution in [1.82, 2.24) is 9.80 Å². The van der Waals surface area contributed by atoms with E-state index in [-0.39, 0.29) is 11.6 Å². The Bertz CT molecular complexity index is 621. The fraction of sp³-hybridized carbons (Fsp3) is 0.588. The summed E-state index contributed by atoms with van der Waals surface area (Å²) < 4.78 is 0. The Kier molecular flexibility index (Phi) is 6.23. The largest absolute Gasteiger partial charge is 0.340 e. The lowest BCUT2D eigenvalue weighted by atomic mass is 10.1. The molecule has 1 heterocycles. The number of hydrogen-bond acceptors (Lipinski definition) is 5. The fourth-order valence-electron chi connectivity index (χ4n) is 2.97. The van der Waals surface area contributed by atoms with E-state index in [4.69, 9.17) is 0 Å². The Morgan fingerprint density at radius 2 is 2.21 bits per heavy atom.